The van der Waals surface area contributed by atoms with E-state index in [0.29, 0.717) is 5.88 Å². The van der Waals surface area contributed by atoms with Crippen molar-refractivity contribution in [2.75, 3.05) is 12.5 Å². The van der Waals surface area contributed by atoms with E-state index in [0.717, 1.165) is 0 Å². The highest BCUT2D eigenvalue weighted by Crippen LogP contribution is 2.23. The first-order valence-electron chi connectivity index (χ1n) is 3.38. The third-order valence-corrected chi connectivity index (χ3v) is 1.70. The molecule has 0 aliphatic heterocycles. The molecule has 1 rings (SSSR count). The Bertz CT molecular complexity index is 265. The van der Waals surface area contributed by atoms with Gasteiger partial charge in [-0.1, -0.05) is 17.7 Å². The molecule has 0 heterocycles. The van der Waals surface area contributed by atoms with Crippen molar-refractivity contribution in [3.8, 4) is 5.75 Å². The topological polar surface area (TPSA) is 9.23 Å². The van der Waals surface area contributed by atoms with Crippen molar-refractivity contribution in [1.29, 1.82) is 0 Å². The molecule has 1 aromatic rings. The number of hydrogen-bond acceptors (Lipinski definition) is 1. The first-order chi connectivity index (χ1) is 5.75. The molecule has 0 saturated carbocycles. The van der Waals surface area contributed by atoms with E-state index in [1.54, 1.807) is 6.07 Å². The molecule has 0 atom stereocenters. The van der Waals surface area contributed by atoms with Gasteiger partial charge in [0.15, 0.2) is 11.6 Å². The Morgan fingerprint density at radius 2 is 2.17 bits per heavy atom. The van der Waals surface area contributed by atoms with Gasteiger partial charge in [-0.2, -0.15) is 0 Å². The molecule has 0 aliphatic carbocycles. The number of ether oxygens (including phenoxy) is 1. The molecule has 0 bridgehead atoms. The van der Waals surface area contributed by atoms with Gasteiger partial charge in [0.05, 0.1) is 10.9 Å². The summed E-state index contributed by atoms with van der Waals surface area (Å²) in [5.74, 6) is -0.0705. The van der Waals surface area contributed by atoms with Gasteiger partial charge in [0.2, 0.25) is 0 Å². The van der Waals surface area contributed by atoms with Crippen molar-refractivity contribution in [2.45, 2.75) is 0 Å². The van der Waals surface area contributed by atoms with E-state index < -0.39 is 5.82 Å². The lowest BCUT2D eigenvalue weighted by molar-refractivity contribution is 0.324. The Hall–Kier alpha value is -0.470. The van der Waals surface area contributed by atoms with E-state index in [2.05, 4.69) is 0 Å². The monoisotopic (exact) mass is 208 g/mol. The second-order valence-corrected chi connectivity index (χ2v) is 2.87. The van der Waals surface area contributed by atoms with Crippen LogP contribution < -0.4 is 4.74 Å². The average Bonchev–Trinajstić information content (AvgIpc) is 2.08. The van der Waals surface area contributed by atoms with Crippen LogP contribution in [0.4, 0.5) is 4.39 Å². The van der Waals surface area contributed by atoms with Crippen LogP contribution in [0.15, 0.2) is 18.2 Å². The van der Waals surface area contributed by atoms with E-state index in [1.165, 1.54) is 12.1 Å². The second-order valence-electron chi connectivity index (χ2n) is 2.09. The summed E-state index contributed by atoms with van der Waals surface area (Å²) in [7, 11) is 0. The highest BCUT2D eigenvalue weighted by molar-refractivity contribution is 6.30. The molecule has 0 spiro atoms. The van der Waals surface area contributed by atoms with Crippen molar-refractivity contribution in [3.63, 3.8) is 0 Å². The summed E-state index contributed by atoms with van der Waals surface area (Å²) in [5.41, 5.74) is 0. The summed E-state index contributed by atoms with van der Waals surface area (Å²) in [6.45, 7) is 0.277. The maximum atomic E-state index is 13.0. The minimum Gasteiger partial charge on any atom is -0.489 e. The maximum Gasteiger partial charge on any atom is 0.183 e. The molecule has 0 saturated heterocycles. The van der Waals surface area contributed by atoms with Gasteiger partial charge in [-0.05, 0) is 12.1 Å². The summed E-state index contributed by atoms with van der Waals surface area (Å²) in [6, 6.07) is 4.59. The third-order valence-electron chi connectivity index (χ3n) is 1.25. The van der Waals surface area contributed by atoms with Crippen molar-refractivity contribution in [1.82, 2.24) is 0 Å². The van der Waals surface area contributed by atoms with Crippen molar-refractivity contribution in [2.24, 2.45) is 0 Å². The van der Waals surface area contributed by atoms with E-state index in [9.17, 15) is 4.39 Å². The largest absolute Gasteiger partial charge is 0.489 e. The first kappa shape index (κ1) is 9.62. The Morgan fingerprint density at radius 3 is 2.83 bits per heavy atom. The molecule has 4 heteroatoms. The van der Waals surface area contributed by atoms with E-state index in [4.69, 9.17) is 27.9 Å². The van der Waals surface area contributed by atoms with E-state index in [-0.39, 0.29) is 17.4 Å². The zero-order valence-corrected chi connectivity index (χ0v) is 7.70. The smallest absolute Gasteiger partial charge is 0.183 e. The summed E-state index contributed by atoms with van der Waals surface area (Å²) in [5, 5.41) is 0.0575. The van der Waals surface area contributed by atoms with Gasteiger partial charge >= 0.3 is 0 Å². The Balaban J connectivity index is 2.78. The molecular weight excluding hydrogens is 202 g/mol. The maximum absolute atomic E-state index is 13.0. The van der Waals surface area contributed by atoms with Crippen LogP contribution in [0.5, 0.6) is 5.75 Å². The van der Waals surface area contributed by atoms with Gasteiger partial charge in [-0.15, -0.1) is 11.6 Å². The molecule has 0 radical (unpaired) electrons. The standard InChI is InChI=1S/C8H7Cl2FO/c9-4-5-12-7-3-1-2-6(10)8(7)11/h1-3H,4-5H2. The fourth-order valence-electron chi connectivity index (χ4n) is 0.744. The molecule has 0 aromatic heterocycles. The predicted molar refractivity (Wildman–Crippen MR) is 47.6 cm³/mol. The molecule has 0 N–H and O–H groups in total. The minimum atomic E-state index is -0.538. The van der Waals surface area contributed by atoms with Crippen molar-refractivity contribution in [3.05, 3.63) is 29.0 Å². The van der Waals surface area contributed by atoms with Crippen LogP contribution in [0.3, 0.4) is 0 Å². The molecular formula is C8H7Cl2FO. The lowest BCUT2D eigenvalue weighted by Gasteiger charge is -2.04. The zero-order valence-electron chi connectivity index (χ0n) is 6.19. The van der Waals surface area contributed by atoms with Gasteiger partial charge in [0, 0.05) is 0 Å². The molecule has 1 nitrogen and oxygen atoms in total. The average molecular weight is 209 g/mol. The summed E-state index contributed by atoms with van der Waals surface area (Å²) >= 11 is 10.9. The molecule has 0 fully saturated rings. The quantitative estimate of drug-likeness (QED) is 0.695. The third kappa shape index (κ3) is 2.26. The van der Waals surface area contributed by atoms with E-state index >= 15 is 0 Å². The Morgan fingerprint density at radius 1 is 1.42 bits per heavy atom. The normalized spacial score (nSPS) is 9.92. The summed E-state index contributed by atoms with van der Waals surface area (Å²) < 4.78 is 18.0. The van der Waals surface area contributed by atoms with Crippen LogP contribution >= 0.6 is 23.2 Å². The van der Waals surface area contributed by atoms with Crippen molar-refractivity contribution >= 4 is 23.2 Å². The lowest BCUT2D eigenvalue weighted by atomic mass is 10.3. The molecule has 12 heavy (non-hydrogen) atoms. The van der Waals surface area contributed by atoms with Gasteiger partial charge in [-0.25, -0.2) is 4.39 Å². The van der Waals surface area contributed by atoms with Gasteiger partial charge in [0.1, 0.15) is 6.61 Å². The molecule has 0 aliphatic rings. The summed E-state index contributed by atoms with van der Waals surface area (Å²) in [6.07, 6.45) is 0. The number of alkyl halides is 1. The zero-order chi connectivity index (χ0) is 8.97. The van der Waals surface area contributed by atoms with Crippen LogP contribution in [0.25, 0.3) is 0 Å². The molecule has 0 unspecified atom stereocenters. The number of halogens is 3. The van der Waals surface area contributed by atoms with Crippen LogP contribution in [0.1, 0.15) is 0 Å². The molecule has 66 valence electrons. The fourth-order valence-corrected chi connectivity index (χ4v) is 0.987. The highest BCUT2D eigenvalue weighted by Gasteiger charge is 2.05. The van der Waals surface area contributed by atoms with Crippen LogP contribution in [0, 0.1) is 5.82 Å². The second kappa shape index (κ2) is 4.53. The SMILES string of the molecule is Fc1c(Cl)cccc1OCCCl. The van der Waals surface area contributed by atoms with E-state index in [1.807, 2.05) is 0 Å². The molecule has 0 amide bonds. The molecule has 1 aromatic carbocycles. The first-order valence-corrected chi connectivity index (χ1v) is 4.29. The minimum absolute atomic E-state index is 0.0575. The highest BCUT2D eigenvalue weighted by atomic mass is 35.5. The predicted octanol–water partition coefficient (Wildman–Crippen LogP) is 3.10. The number of hydrogen-bond donors (Lipinski definition) is 0. The Labute approximate surface area is 80.0 Å². The van der Waals surface area contributed by atoms with Crippen molar-refractivity contribution < 1.29 is 9.13 Å². The van der Waals surface area contributed by atoms with Crippen LogP contribution in [0.2, 0.25) is 5.02 Å². The number of benzene rings is 1. The summed E-state index contributed by atoms with van der Waals surface area (Å²) in [4.78, 5) is 0. The fraction of sp³-hybridized carbons (Fsp3) is 0.250. The van der Waals surface area contributed by atoms with Gasteiger partial charge in [-0.3, -0.25) is 0 Å². The Kier molecular flexibility index (Phi) is 3.63. The van der Waals surface area contributed by atoms with Crippen LogP contribution in [-0.2, 0) is 0 Å². The number of rotatable bonds is 3. The van der Waals surface area contributed by atoms with Crippen LogP contribution in [-0.4, -0.2) is 12.5 Å². The van der Waals surface area contributed by atoms with Gasteiger partial charge in [0.25, 0.3) is 0 Å². The lowest BCUT2D eigenvalue weighted by Crippen LogP contribution is -1.99. The van der Waals surface area contributed by atoms with Gasteiger partial charge < -0.3 is 4.74 Å².